The molecule has 0 aliphatic carbocycles. The summed E-state index contributed by atoms with van der Waals surface area (Å²) in [5.74, 6) is 1.76. The molecule has 1 unspecified atom stereocenters. The molecule has 1 fully saturated rings. The van der Waals surface area contributed by atoms with Crippen LogP contribution in [0.15, 0.2) is 24.4 Å². The van der Waals surface area contributed by atoms with E-state index in [1.54, 1.807) is 0 Å². The van der Waals surface area contributed by atoms with Gasteiger partial charge in [-0.05, 0) is 26.0 Å². The summed E-state index contributed by atoms with van der Waals surface area (Å²) >= 11 is 0. The first-order valence-electron chi connectivity index (χ1n) is 7.32. The van der Waals surface area contributed by atoms with Gasteiger partial charge in [0.2, 0.25) is 0 Å². The Morgan fingerprint density at radius 1 is 1.33 bits per heavy atom. The zero-order chi connectivity index (χ0) is 14.7. The first-order valence-corrected chi connectivity index (χ1v) is 7.32. The molecular weight excluding hydrogens is 266 g/mol. The summed E-state index contributed by atoms with van der Waals surface area (Å²) in [4.78, 5) is 11.1. The highest BCUT2D eigenvalue weighted by Crippen LogP contribution is 2.11. The van der Waals surface area contributed by atoms with Gasteiger partial charge in [0.05, 0.1) is 24.9 Å². The molecule has 6 nitrogen and oxygen atoms in total. The van der Waals surface area contributed by atoms with Gasteiger partial charge in [-0.3, -0.25) is 9.88 Å². The van der Waals surface area contributed by atoms with Crippen LogP contribution in [0.2, 0.25) is 0 Å². The fraction of sp³-hybridized carbons (Fsp3) is 0.533. The predicted molar refractivity (Wildman–Crippen MR) is 78.8 cm³/mol. The van der Waals surface area contributed by atoms with Gasteiger partial charge in [0, 0.05) is 25.8 Å². The van der Waals surface area contributed by atoms with E-state index in [0.717, 1.165) is 50.1 Å². The Balaban J connectivity index is 1.59. The third-order valence-electron chi connectivity index (χ3n) is 3.67. The number of aromatic nitrogens is 4. The SMILES string of the molecule is Cc1nc(C)n(CC2CN(Cc3ccccn3)CCO2)n1. The summed E-state index contributed by atoms with van der Waals surface area (Å²) in [5.41, 5.74) is 1.10. The Hall–Kier alpha value is -1.79. The third-order valence-corrected chi connectivity index (χ3v) is 3.67. The van der Waals surface area contributed by atoms with Gasteiger partial charge in [-0.1, -0.05) is 6.07 Å². The fourth-order valence-corrected chi connectivity index (χ4v) is 2.68. The lowest BCUT2D eigenvalue weighted by Crippen LogP contribution is -2.44. The van der Waals surface area contributed by atoms with Crippen molar-refractivity contribution < 1.29 is 4.74 Å². The molecule has 1 aliphatic rings. The van der Waals surface area contributed by atoms with Gasteiger partial charge < -0.3 is 4.74 Å². The van der Waals surface area contributed by atoms with E-state index >= 15 is 0 Å². The molecule has 2 aromatic heterocycles. The molecule has 1 atom stereocenters. The van der Waals surface area contributed by atoms with E-state index in [0.29, 0.717) is 0 Å². The lowest BCUT2D eigenvalue weighted by atomic mass is 10.2. The second-order valence-corrected chi connectivity index (χ2v) is 5.44. The van der Waals surface area contributed by atoms with Crippen LogP contribution in [0.5, 0.6) is 0 Å². The lowest BCUT2D eigenvalue weighted by Gasteiger charge is -2.32. The minimum atomic E-state index is 0.155. The molecule has 1 aliphatic heterocycles. The Labute approximate surface area is 124 Å². The van der Waals surface area contributed by atoms with Crippen LogP contribution in [-0.4, -0.2) is 50.4 Å². The summed E-state index contributed by atoms with van der Waals surface area (Å²) in [6.45, 7) is 8.12. The summed E-state index contributed by atoms with van der Waals surface area (Å²) in [6, 6.07) is 6.04. The average molecular weight is 287 g/mol. The van der Waals surface area contributed by atoms with Crippen LogP contribution in [0.4, 0.5) is 0 Å². The molecule has 0 radical (unpaired) electrons. The van der Waals surface area contributed by atoms with Gasteiger partial charge in [-0.15, -0.1) is 0 Å². The zero-order valence-electron chi connectivity index (χ0n) is 12.6. The van der Waals surface area contributed by atoms with Gasteiger partial charge in [-0.25, -0.2) is 9.67 Å². The van der Waals surface area contributed by atoms with E-state index in [1.807, 2.05) is 36.9 Å². The molecule has 0 amide bonds. The second-order valence-electron chi connectivity index (χ2n) is 5.44. The molecule has 6 heteroatoms. The Bertz CT molecular complexity index is 583. The van der Waals surface area contributed by atoms with Crippen molar-refractivity contribution in [1.29, 1.82) is 0 Å². The monoisotopic (exact) mass is 287 g/mol. The van der Waals surface area contributed by atoms with E-state index in [9.17, 15) is 0 Å². The molecule has 1 saturated heterocycles. The average Bonchev–Trinajstić information content (AvgIpc) is 2.78. The molecule has 0 N–H and O–H groups in total. The minimum Gasteiger partial charge on any atom is -0.374 e. The first kappa shape index (κ1) is 14.2. The highest BCUT2D eigenvalue weighted by molar-refractivity contribution is 5.03. The van der Waals surface area contributed by atoms with Gasteiger partial charge in [0.1, 0.15) is 11.6 Å². The van der Waals surface area contributed by atoms with Crippen molar-refractivity contribution in [3.63, 3.8) is 0 Å². The number of aryl methyl sites for hydroxylation is 2. The van der Waals surface area contributed by atoms with Gasteiger partial charge in [0.25, 0.3) is 0 Å². The maximum Gasteiger partial charge on any atom is 0.147 e. The normalized spacial score (nSPS) is 19.8. The minimum absolute atomic E-state index is 0.155. The lowest BCUT2D eigenvalue weighted by molar-refractivity contribution is -0.0408. The van der Waals surface area contributed by atoms with Crippen molar-refractivity contribution in [3.05, 3.63) is 41.7 Å². The van der Waals surface area contributed by atoms with Gasteiger partial charge in [0.15, 0.2) is 0 Å². The highest BCUT2D eigenvalue weighted by atomic mass is 16.5. The van der Waals surface area contributed by atoms with Crippen LogP contribution in [0.25, 0.3) is 0 Å². The summed E-state index contributed by atoms with van der Waals surface area (Å²) in [7, 11) is 0. The van der Waals surface area contributed by atoms with Crippen molar-refractivity contribution in [3.8, 4) is 0 Å². The number of pyridine rings is 1. The zero-order valence-corrected chi connectivity index (χ0v) is 12.6. The number of ether oxygens (including phenoxy) is 1. The third kappa shape index (κ3) is 3.65. The number of hydrogen-bond acceptors (Lipinski definition) is 5. The van der Waals surface area contributed by atoms with E-state index in [1.165, 1.54) is 0 Å². The van der Waals surface area contributed by atoms with Crippen molar-refractivity contribution in [2.24, 2.45) is 0 Å². The van der Waals surface area contributed by atoms with Crippen LogP contribution in [0, 0.1) is 13.8 Å². The second kappa shape index (κ2) is 6.32. The van der Waals surface area contributed by atoms with Crippen LogP contribution in [0.1, 0.15) is 17.3 Å². The largest absolute Gasteiger partial charge is 0.374 e. The van der Waals surface area contributed by atoms with E-state index in [2.05, 4.69) is 26.0 Å². The number of rotatable bonds is 4. The molecule has 0 bridgehead atoms. The number of morpholine rings is 1. The smallest absolute Gasteiger partial charge is 0.147 e. The van der Waals surface area contributed by atoms with Crippen LogP contribution >= 0.6 is 0 Å². The van der Waals surface area contributed by atoms with E-state index < -0.39 is 0 Å². The molecule has 3 heterocycles. The first-order chi connectivity index (χ1) is 10.2. The van der Waals surface area contributed by atoms with E-state index in [4.69, 9.17) is 4.74 Å². The molecule has 2 aromatic rings. The Kier molecular flexibility index (Phi) is 4.26. The predicted octanol–water partition coefficient (Wildman–Crippen LogP) is 1.19. The van der Waals surface area contributed by atoms with Crippen LogP contribution in [0.3, 0.4) is 0 Å². The molecule has 112 valence electrons. The van der Waals surface area contributed by atoms with Crippen molar-refractivity contribution in [1.82, 2.24) is 24.6 Å². The molecule has 3 rings (SSSR count). The maximum absolute atomic E-state index is 5.86. The van der Waals surface area contributed by atoms with Crippen molar-refractivity contribution in [2.45, 2.75) is 33.0 Å². The van der Waals surface area contributed by atoms with Crippen molar-refractivity contribution >= 4 is 0 Å². The molecular formula is C15H21N5O. The number of nitrogens with zero attached hydrogens (tertiary/aromatic N) is 5. The topological polar surface area (TPSA) is 56.1 Å². The van der Waals surface area contributed by atoms with Crippen LogP contribution < -0.4 is 0 Å². The van der Waals surface area contributed by atoms with Crippen LogP contribution in [-0.2, 0) is 17.8 Å². The standard InChI is InChI=1S/C15H21N5O/c1-12-17-13(2)20(18-12)11-15-10-19(7-8-21-15)9-14-5-3-4-6-16-14/h3-6,15H,7-11H2,1-2H3. The highest BCUT2D eigenvalue weighted by Gasteiger charge is 2.22. The maximum atomic E-state index is 5.86. The Morgan fingerprint density at radius 3 is 2.95 bits per heavy atom. The Morgan fingerprint density at radius 2 is 2.24 bits per heavy atom. The summed E-state index contributed by atoms with van der Waals surface area (Å²) < 4.78 is 7.80. The summed E-state index contributed by atoms with van der Waals surface area (Å²) in [6.07, 6.45) is 2.00. The molecule has 0 spiro atoms. The van der Waals surface area contributed by atoms with Gasteiger partial charge in [-0.2, -0.15) is 5.10 Å². The van der Waals surface area contributed by atoms with Crippen molar-refractivity contribution in [2.75, 3.05) is 19.7 Å². The fourth-order valence-electron chi connectivity index (χ4n) is 2.68. The quantitative estimate of drug-likeness (QED) is 0.845. The van der Waals surface area contributed by atoms with Gasteiger partial charge >= 0.3 is 0 Å². The molecule has 21 heavy (non-hydrogen) atoms. The van der Waals surface area contributed by atoms with E-state index in [-0.39, 0.29) is 6.10 Å². The summed E-state index contributed by atoms with van der Waals surface area (Å²) in [5, 5.41) is 4.41. The molecule has 0 aromatic carbocycles. The molecule has 0 saturated carbocycles. The number of hydrogen-bond donors (Lipinski definition) is 0.